The third-order valence-corrected chi connectivity index (χ3v) is 7.48. The first-order chi connectivity index (χ1) is 14.7. The smallest absolute Gasteiger partial charge is 0.0459 e. The number of rotatable bonds is 22. The maximum absolute atomic E-state index is 9.76. The minimum Gasteiger partial charge on any atom is -0.396 e. The molecule has 4 unspecified atom stereocenters. The number of hydrogen-bond donors (Lipinski definition) is 1. The van der Waals surface area contributed by atoms with Gasteiger partial charge >= 0.3 is 0 Å². The molecule has 1 heteroatoms. The van der Waals surface area contributed by atoms with E-state index in [9.17, 15) is 5.11 Å². The lowest BCUT2D eigenvalue weighted by Crippen LogP contribution is -2.07. The van der Waals surface area contributed by atoms with Crippen LogP contribution in [0.1, 0.15) is 151 Å². The van der Waals surface area contributed by atoms with E-state index < -0.39 is 0 Å². The molecule has 0 amide bonds. The fraction of sp³-hybridized carbons (Fsp3) is 1.00. The van der Waals surface area contributed by atoms with Crippen LogP contribution in [0.4, 0.5) is 0 Å². The number of aliphatic hydroxyl groups excluding tert-OH is 1. The van der Waals surface area contributed by atoms with Crippen molar-refractivity contribution in [1.29, 1.82) is 0 Å². The minimum absolute atomic E-state index is 0.395. The normalized spacial score (nSPS) is 16.1. The van der Waals surface area contributed by atoms with Crippen molar-refractivity contribution in [3.05, 3.63) is 0 Å². The maximum atomic E-state index is 9.76. The Morgan fingerprint density at radius 2 is 0.677 bits per heavy atom. The summed E-state index contributed by atoms with van der Waals surface area (Å²) in [4.78, 5) is 0. The topological polar surface area (TPSA) is 20.2 Å². The van der Waals surface area contributed by atoms with Gasteiger partial charge in [-0.2, -0.15) is 0 Å². The largest absolute Gasteiger partial charge is 0.396 e. The molecule has 4 atom stereocenters. The van der Waals surface area contributed by atoms with Gasteiger partial charge in [0.05, 0.1) is 0 Å². The number of hydrogen-bond acceptors (Lipinski definition) is 1. The number of unbranched alkanes of at least 4 members (excludes halogenated alkanes) is 1. The summed E-state index contributed by atoms with van der Waals surface area (Å²) in [5, 5.41) is 9.76. The lowest BCUT2D eigenvalue weighted by Gasteiger charge is -2.17. The van der Waals surface area contributed by atoms with Gasteiger partial charge in [-0.05, 0) is 48.3 Å². The number of aliphatic hydroxyl groups is 1. The van der Waals surface area contributed by atoms with Crippen molar-refractivity contribution in [1.82, 2.24) is 0 Å². The molecule has 0 aliphatic heterocycles. The summed E-state index contributed by atoms with van der Waals surface area (Å²) in [6.07, 6.45) is 21.8. The Labute approximate surface area is 198 Å². The molecule has 1 N–H and O–H groups in total. The highest BCUT2D eigenvalue weighted by atomic mass is 16.3. The molecule has 1 nitrogen and oxygen atoms in total. The summed E-state index contributed by atoms with van der Waals surface area (Å²) in [6.45, 7) is 17.0. The predicted molar refractivity (Wildman–Crippen MR) is 142 cm³/mol. The van der Waals surface area contributed by atoms with Gasteiger partial charge in [0, 0.05) is 6.61 Å². The molecule has 0 bridgehead atoms. The van der Waals surface area contributed by atoms with E-state index in [-0.39, 0.29) is 0 Å². The maximum Gasteiger partial charge on any atom is 0.0459 e. The molecular formula is C30H62O. The molecule has 188 valence electrons. The summed E-state index contributed by atoms with van der Waals surface area (Å²) in [5.41, 5.74) is 0. The van der Waals surface area contributed by atoms with E-state index in [4.69, 9.17) is 0 Å². The van der Waals surface area contributed by atoms with Gasteiger partial charge in [0.2, 0.25) is 0 Å². The van der Waals surface area contributed by atoms with Crippen LogP contribution in [0.3, 0.4) is 0 Å². The summed E-state index contributed by atoms with van der Waals surface area (Å²) >= 11 is 0. The molecule has 0 fully saturated rings. The molecule has 0 saturated carbocycles. The third kappa shape index (κ3) is 21.6. The molecule has 0 aromatic heterocycles. The lowest BCUT2D eigenvalue weighted by molar-refractivity contribution is 0.201. The molecule has 0 aliphatic rings. The Morgan fingerprint density at radius 3 is 1.06 bits per heavy atom. The van der Waals surface area contributed by atoms with Crippen molar-refractivity contribution in [3.8, 4) is 0 Å². The monoisotopic (exact) mass is 438 g/mol. The first-order valence-electron chi connectivity index (χ1n) is 14.3. The second-order valence-corrected chi connectivity index (χ2v) is 12.2. The average Bonchev–Trinajstić information content (AvgIpc) is 2.69. The summed E-state index contributed by atoms with van der Waals surface area (Å²) in [6, 6.07) is 0. The van der Waals surface area contributed by atoms with Crippen molar-refractivity contribution < 1.29 is 5.11 Å². The van der Waals surface area contributed by atoms with Gasteiger partial charge < -0.3 is 5.11 Å². The van der Waals surface area contributed by atoms with Gasteiger partial charge in [-0.1, -0.05) is 138 Å². The molecule has 0 rings (SSSR count). The predicted octanol–water partition coefficient (Wildman–Crippen LogP) is 10.1. The zero-order valence-corrected chi connectivity index (χ0v) is 22.9. The Kier molecular flexibility index (Phi) is 20.5. The molecule has 31 heavy (non-hydrogen) atoms. The highest BCUT2D eigenvalue weighted by Crippen LogP contribution is 2.24. The molecule has 0 aromatic carbocycles. The quantitative estimate of drug-likeness (QED) is 0.167. The molecule has 0 aromatic rings. The van der Waals surface area contributed by atoms with Gasteiger partial charge in [-0.25, -0.2) is 0 Å². The van der Waals surface area contributed by atoms with Crippen LogP contribution in [0.2, 0.25) is 0 Å². The molecule has 0 saturated heterocycles. The summed E-state index contributed by atoms with van der Waals surface area (Å²) in [7, 11) is 0. The van der Waals surface area contributed by atoms with Crippen LogP contribution in [0.5, 0.6) is 0 Å². The highest BCUT2D eigenvalue weighted by molar-refractivity contribution is 4.63. The van der Waals surface area contributed by atoms with Crippen molar-refractivity contribution in [2.75, 3.05) is 6.61 Å². The Hall–Kier alpha value is -0.0400. The minimum atomic E-state index is 0.395. The molecular weight excluding hydrogens is 376 g/mol. The van der Waals surface area contributed by atoms with Gasteiger partial charge in [-0.3, -0.25) is 0 Å². The zero-order chi connectivity index (χ0) is 23.5. The third-order valence-electron chi connectivity index (χ3n) is 7.48. The second kappa shape index (κ2) is 20.6. The Balaban J connectivity index is 3.68. The van der Waals surface area contributed by atoms with Crippen molar-refractivity contribution >= 4 is 0 Å². The van der Waals surface area contributed by atoms with E-state index in [0.29, 0.717) is 12.5 Å². The van der Waals surface area contributed by atoms with Crippen molar-refractivity contribution in [2.45, 2.75) is 151 Å². The van der Waals surface area contributed by atoms with Crippen LogP contribution in [-0.4, -0.2) is 11.7 Å². The van der Waals surface area contributed by atoms with E-state index in [1.165, 1.54) is 103 Å². The first-order valence-corrected chi connectivity index (χ1v) is 14.3. The Morgan fingerprint density at radius 1 is 0.387 bits per heavy atom. The highest BCUT2D eigenvalue weighted by Gasteiger charge is 2.11. The van der Waals surface area contributed by atoms with Crippen LogP contribution in [0, 0.1) is 35.5 Å². The zero-order valence-electron chi connectivity index (χ0n) is 22.9. The average molecular weight is 439 g/mol. The van der Waals surface area contributed by atoms with Crippen LogP contribution in [0.15, 0.2) is 0 Å². The van der Waals surface area contributed by atoms with E-state index in [1.54, 1.807) is 0 Å². The Bertz CT molecular complexity index is 361. The lowest BCUT2D eigenvalue weighted by atomic mass is 9.89. The van der Waals surface area contributed by atoms with Gasteiger partial charge in [0.15, 0.2) is 0 Å². The molecule has 0 heterocycles. The first kappa shape index (κ1) is 31.0. The standard InChI is InChI=1S/C30H62O/c1-25(2)14-10-17-28(6)20-12-19-27(5)16-8-9-22-30(24-31)23-13-21-29(7)18-11-15-26(3)4/h25-31H,8-24H2,1-7H3. The van der Waals surface area contributed by atoms with Crippen LogP contribution >= 0.6 is 0 Å². The second-order valence-electron chi connectivity index (χ2n) is 12.2. The SMILES string of the molecule is CC(C)CCCC(C)CCCC(C)CCCCC(CO)CCCC(C)CCCC(C)C. The molecule has 0 radical (unpaired) electrons. The van der Waals surface area contributed by atoms with Crippen LogP contribution in [-0.2, 0) is 0 Å². The fourth-order valence-electron chi connectivity index (χ4n) is 5.00. The summed E-state index contributed by atoms with van der Waals surface area (Å²) < 4.78 is 0. The molecule has 0 aliphatic carbocycles. The summed E-state index contributed by atoms with van der Waals surface area (Å²) in [5.74, 6) is 4.90. The molecule has 0 spiro atoms. The van der Waals surface area contributed by atoms with E-state index in [0.717, 1.165) is 29.6 Å². The van der Waals surface area contributed by atoms with Crippen LogP contribution < -0.4 is 0 Å². The van der Waals surface area contributed by atoms with Gasteiger partial charge in [0.25, 0.3) is 0 Å². The fourth-order valence-corrected chi connectivity index (χ4v) is 5.00. The van der Waals surface area contributed by atoms with Crippen molar-refractivity contribution in [2.24, 2.45) is 35.5 Å². The van der Waals surface area contributed by atoms with Gasteiger partial charge in [0.1, 0.15) is 0 Å². The van der Waals surface area contributed by atoms with E-state index >= 15 is 0 Å². The van der Waals surface area contributed by atoms with E-state index in [2.05, 4.69) is 48.5 Å². The van der Waals surface area contributed by atoms with Crippen molar-refractivity contribution in [3.63, 3.8) is 0 Å². The van der Waals surface area contributed by atoms with Gasteiger partial charge in [-0.15, -0.1) is 0 Å². The van der Waals surface area contributed by atoms with E-state index in [1.807, 2.05) is 0 Å². The van der Waals surface area contributed by atoms with Crippen LogP contribution in [0.25, 0.3) is 0 Å².